The van der Waals surface area contributed by atoms with E-state index in [1.807, 2.05) is 81.4 Å². The fourth-order valence-electron chi connectivity index (χ4n) is 5.86. The topological polar surface area (TPSA) is 124 Å². The van der Waals surface area contributed by atoms with Crippen molar-refractivity contribution in [3.8, 4) is 0 Å². The van der Waals surface area contributed by atoms with Gasteiger partial charge in [0.05, 0.1) is 24.2 Å². The molecule has 3 atom stereocenters. The van der Waals surface area contributed by atoms with Crippen LogP contribution >= 0.6 is 0 Å². The number of benzene rings is 3. The highest BCUT2D eigenvalue weighted by molar-refractivity contribution is 7.89. The molecule has 8 nitrogen and oxygen atoms in total. The number of aliphatic hydroxyl groups excluding tert-OH is 2. The number of nitrogens with zero attached hydrogens (tertiary/aromatic N) is 2. The zero-order chi connectivity index (χ0) is 33.0. The monoisotopic (exact) mass is 637 g/mol. The van der Waals surface area contributed by atoms with Gasteiger partial charge < -0.3 is 20.8 Å². The first-order valence-electron chi connectivity index (χ1n) is 16.0. The molecule has 3 rings (SSSR count). The van der Waals surface area contributed by atoms with Crippen molar-refractivity contribution < 1.29 is 23.4 Å². The van der Waals surface area contributed by atoms with Crippen LogP contribution in [0.15, 0.2) is 89.8 Å². The predicted molar refractivity (Wildman–Crippen MR) is 180 cm³/mol. The smallest absolute Gasteiger partial charge is 0.243 e. The molecule has 0 bridgehead atoms. The van der Waals surface area contributed by atoms with E-state index in [0.29, 0.717) is 37.7 Å². The van der Waals surface area contributed by atoms with Crippen molar-refractivity contribution in [3.05, 3.63) is 102 Å². The summed E-state index contributed by atoms with van der Waals surface area (Å²) in [6.45, 7) is 5.92. The predicted octanol–water partition coefficient (Wildman–Crippen LogP) is 5.14. The highest BCUT2D eigenvalue weighted by Gasteiger charge is 2.33. The maximum absolute atomic E-state index is 13.8. The molecular formula is C36H51N3O5S. The molecule has 0 saturated carbocycles. The molecule has 0 fully saturated rings. The van der Waals surface area contributed by atoms with Gasteiger partial charge in [-0.1, -0.05) is 93.6 Å². The van der Waals surface area contributed by atoms with Crippen molar-refractivity contribution in [3.63, 3.8) is 0 Å². The summed E-state index contributed by atoms with van der Waals surface area (Å²) < 4.78 is 28.9. The second-order valence-electron chi connectivity index (χ2n) is 12.2. The number of hydrogen-bond donors (Lipinski definition) is 3. The van der Waals surface area contributed by atoms with E-state index in [0.717, 1.165) is 11.1 Å². The Bertz CT molecular complexity index is 1360. The molecule has 45 heavy (non-hydrogen) atoms. The first-order chi connectivity index (χ1) is 21.5. The molecule has 9 heteroatoms. The number of rotatable bonds is 18. The van der Waals surface area contributed by atoms with Crippen LogP contribution in [0.25, 0.3) is 0 Å². The standard InChI is InChI=1S/C36H51N3O5S/c1-5-31(38(4)36(42)35(37)34(29-13-8-6-9-14-29)30-15-10-7-11-16-30)17-12-18-32(26-41)39(24-23-27(2)3)45(43,44)33-21-19-28(25-40)20-22-33/h6-11,13-16,19-22,27,31-32,34-35,40-41H,5,12,17-18,23-26,37H2,1-4H3/t31-,32-,35-/m0/s1. The Hall–Kier alpha value is -3.08. The molecule has 0 aliphatic heterocycles. The van der Waals surface area contributed by atoms with E-state index >= 15 is 0 Å². The van der Waals surface area contributed by atoms with E-state index in [1.165, 1.54) is 16.4 Å². The summed E-state index contributed by atoms with van der Waals surface area (Å²) in [5.41, 5.74) is 9.31. The molecule has 0 aromatic heterocycles. The van der Waals surface area contributed by atoms with Gasteiger partial charge in [0.2, 0.25) is 15.9 Å². The highest BCUT2D eigenvalue weighted by atomic mass is 32.2. The largest absolute Gasteiger partial charge is 0.395 e. The number of carbonyl (C=O) groups excluding carboxylic acids is 1. The summed E-state index contributed by atoms with van der Waals surface area (Å²) in [6, 6.07) is 24.4. The van der Waals surface area contributed by atoms with E-state index in [9.17, 15) is 23.4 Å². The van der Waals surface area contributed by atoms with Gasteiger partial charge in [-0.25, -0.2) is 8.42 Å². The average molecular weight is 638 g/mol. The number of hydrogen-bond acceptors (Lipinski definition) is 6. The Morgan fingerprint density at radius 2 is 1.36 bits per heavy atom. The maximum atomic E-state index is 13.8. The van der Waals surface area contributed by atoms with Gasteiger partial charge in [0, 0.05) is 31.6 Å². The van der Waals surface area contributed by atoms with Gasteiger partial charge in [-0.15, -0.1) is 0 Å². The minimum absolute atomic E-state index is 0.0955. The molecular weight excluding hydrogens is 586 g/mol. The van der Waals surface area contributed by atoms with Crippen molar-refractivity contribution in [2.75, 3.05) is 20.2 Å². The molecule has 0 heterocycles. The zero-order valence-electron chi connectivity index (χ0n) is 27.1. The second kappa shape index (κ2) is 17.6. The molecule has 1 amide bonds. The van der Waals surface area contributed by atoms with E-state index in [1.54, 1.807) is 24.1 Å². The van der Waals surface area contributed by atoms with Crippen LogP contribution in [0.5, 0.6) is 0 Å². The number of carbonyl (C=O) groups is 1. The van der Waals surface area contributed by atoms with Crippen LogP contribution in [0, 0.1) is 5.92 Å². The van der Waals surface area contributed by atoms with Gasteiger partial charge >= 0.3 is 0 Å². The van der Waals surface area contributed by atoms with Crippen molar-refractivity contribution in [1.82, 2.24) is 9.21 Å². The van der Waals surface area contributed by atoms with Gasteiger partial charge in [-0.3, -0.25) is 4.79 Å². The van der Waals surface area contributed by atoms with Crippen molar-refractivity contribution in [2.45, 2.75) is 88.4 Å². The molecule has 0 radical (unpaired) electrons. The SMILES string of the molecule is CC[C@@H](CCC[C@@H](CO)N(CCC(C)C)S(=O)(=O)c1ccc(CO)cc1)N(C)C(=O)[C@@H](N)C(c1ccccc1)c1ccccc1. The van der Waals surface area contributed by atoms with Crippen LogP contribution in [0.3, 0.4) is 0 Å². The molecule has 0 saturated heterocycles. The van der Waals surface area contributed by atoms with Crippen molar-refractivity contribution in [2.24, 2.45) is 11.7 Å². The first kappa shape index (κ1) is 36.4. The van der Waals surface area contributed by atoms with Crippen LogP contribution in [0.1, 0.15) is 75.5 Å². The number of aliphatic hydroxyl groups is 2. The maximum Gasteiger partial charge on any atom is 0.243 e. The van der Waals surface area contributed by atoms with E-state index < -0.39 is 22.1 Å². The van der Waals surface area contributed by atoms with Gasteiger partial charge in [0.15, 0.2) is 0 Å². The molecule has 3 aromatic carbocycles. The lowest BCUT2D eigenvalue weighted by molar-refractivity contribution is -0.134. The summed E-state index contributed by atoms with van der Waals surface area (Å²) in [6.07, 6.45) is 3.08. The summed E-state index contributed by atoms with van der Waals surface area (Å²) in [7, 11) is -2.09. The van der Waals surface area contributed by atoms with Gasteiger partial charge in [-0.05, 0) is 66.8 Å². The summed E-state index contributed by atoms with van der Waals surface area (Å²) in [5.74, 6) is -0.168. The minimum atomic E-state index is -3.88. The molecule has 4 N–H and O–H groups in total. The molecule has 246 valence electrons. The Morgan fingerprint density at radius 1 is 0.822 bits per heavy atom. The minimum Gasteiger partial charge on any atom is -0.395 e. The zero-order valence-corrected chi connectivity index (χ0v) is 27.9. The van der Waals surface area contributed by atoms with Crippen LogP contribution in [-0.4, -0.2) is 72.1 Å². The summed E-state index contributed by atoms with van der Waals surface area (Å²) in [4.78, 5) is 15.7. The Labute approximate surface area is 269 Å². The third-order valence-corrected chi connectivity index (χ3v) is 10.6. The molecule has 0 unspecified atom stereocenters. The normalized spacial score (nSPS) is 14.1. The van der Waals surface area contributed by atoms with E-state index in [2.05, 4.69) is 0 Å². The van der Waals surface area contributed by atoms with Gasteiger partial charge in [-0.2, -0.15) is 4.31 Å². The Balaban J connectivity index is 1.74. The Kier molecular flexibility index (Phi) is 14.2. The van der Waals surface area contributed by atoms with E-state index in [-0.39, 0.29) is 48.4 Å². The molecule has 0 aliphatic carbocycles. The average Bonchev–Trinajstić information content (AvgIpc) is 3.06. The van der Waals surface area contributed by atoms with Crippen LogP contribution in [0.4, 0.5) is 0 Å². The van der Waals surface area contributed by atoms with Gasteiger partial charge in [0.1, 0.15) is 0 Å². The lowest BCUT2D eigenvalue weighted by Gasteiger charge is -2.34. The van der Waals surface area contributed by atoms with Crippen LogP contribution in [0.2, 0.25) is 0 Å². The van der Waals surface area contributed by atoms with Crippen molar-refractivity contribution in [1.29, 1.82) is 0 Å². The third kappa shape index (κ3) is 9.70. The number of sulfonamides is 1. The fourth-order valence-corrected chi connectivity index (χ4v) is 7.52. The summed E-state index contributed by atoms with van der Waals surface area (Å²) >= 11 is 0. The van der Waals surface area contributed by atoms with E-state index in [4.69, 9.17) is 5.73 Å². The Morgan fingerprint density at radius 3 is 1.82 bits per heavy atom. The van der Waals surface area contributed by atoms with Crippen LogP contribution in [-0.2, 0) is 21.4 Å². The van der Waals surface area contributed by atoms with Crippen molar-refractivity contribution >= 4 is 15.9 Å². The summed E-state index contributed by atoms with van der Waals surface area (Å²) in [5, 5.41) is 19.8. The third-order valence-electron chi connectivity index (χ3n) is 8.66. The molecule has 3 aromatic rings. The first-order valence-corrected chi connectivity index (χ1v) is 17.4. The second-order valence-corrected chi connectivity index (χ2v) is 14.1. The number of amides is 1. The number of nitrogens with two attached hydrogens (primary N) is 1. The molecule has 0 aliphatic rings. The number of likely N-dealkylation sites (N-methyl/N-ethyl adjacent to an activating group) is 1. The van der Waals surface area contributed by atoms with Gasteiger partial charge in [0.25, 0.3) is 0 Å². The fraction of sp³-hybridized carbons (Fsp3) is 0.472. The lowest BCUT2D eigenvalue weighted by atomic mass is 9.84. The van der Waals surface area contributed by atoms with Crippen LogP contribution < -0.4 is 5.73 Å². The quantitative estimate of drug-likeness (QED) is 0.177. The highest BCUT2D eigenvalue weighted by Crippen LogP contribution is 2.29. The molecule has 0 spiro atoms. The lowest BCUT2D eigenvalue weighted by Crippen LogP contribution is -2.49.